The lowest BCUT2D eigenvalue weighted by atomic mass is 9.70. The first-order chi connectivity index (χ1) is 49.4. The van der Waals surface area contributed by atoms with Crippen molar-refractivity contribution < 1.29 is 8.78 Å². The summed E-state index contributed by atoms with van der Waals surface area (Å²) >= 11 is 10.00. The molecule has 0 saturated heterocycles. The van der Waals surface area contributed by atoms with Crippen molar-refractivity contribution in [1.29, 1.82) is 0 Å². The van der Waals surface area contributed by atoms with Crippen LogP contribution in [0.15, 0.2) is 72.8 Å². The number of hydrogen-bond acceptors (Lipinski definition) is 10. The minimum Gasteiger partial charge on any atom is -0.207 e. The van der Waals surface area contributed by atoms with Gasteiger partial charge in [0.1, 0.15) is 33.7 Å². The molecule has 0 aliphatic heterocycles. The van der Waals surface area contributed by atoms with Crippen molar-refractivity contribution in [2.75, 3.05) is 0 Å². The van der Waals surface area contributed by atoms with Crippen molar-refractivity contribution >= 4 is 111 Å². The average molecular weight is 1470 g/mol. The standard InChI is InChI=1S/C89H112F2N4S6/c1-11-19-25-29-31-35-45-89(46-36-32-30-26-20-12-2)70-47-57(9)41-43-64(70)65-44-42-63(50-71(65)89)80-73(91)54-67(85-86(80)95-101-94-85)77-56-69-82(79-52-62(40-34-28-22-14-4)75(97-79)49-60(18-8)38-24-16-6)87-68(55-76(98-87)66-53-72(90)58(10)83-84(66)93-100-92-83)81(88(69)99-77)78-51-61(39-33-27-21-13-3)74(96-78)48-59(17-7)37-23-15-5/h41-44,47,50-56,59-60H,11-40,45-46,48-49H2,1-10H3. The fraction of sp³-hybridized carbons (Fsp3) is 0.528. The Morgan fingerprint density at radius 2 is 0.822 bits per heavy atom. The van der Waals surface area contributed by atoms with E-state index in [0.717, 1.165) is 88.8 Å². The van der Waals surface area contributed by atoms with Crippen LogP contribution in [0.25, 0.3) is 106 Å². The van der Waals surface area contributed by atoms with Gasteiger partial charge in [0.25, 0.3) is 0 Å². The van der Waals surface area contributed by atoms with E-state index in [0.29, 0.717) is 34.0 Å². The summed E-state index contributed by atoms with van der Waals surface area (Å²) < 4.78 is 57.5. The van der Waals surface area contributed by atoms with Crippen LogP contribution in [0.1, 0.15) is 291 Å². The molecule has 4 nitrogen and oxygen atoms in total. The summed E-state index contributed by atoms with van der Waals surface area (Å²) in [7, 11) is 0. The van der Waals surface area contributed by atoms with Crippen LogP contribution < -0.4 is 0 Å². The zero-order valence-electron chi connectivity index (χ0n) is 62.6. The van der Waals surface area contributed by atoms with E-state index >= 15 is 8.78 Å². The van der Waals surface area contributed by atoms with E-state index in [9.17, 15) is 0 Å². The van der Waals surface area contributed by atoms with Gasteiger partial charge in [0.05, 0.1) is 23.5 Å². The number of nitrogens with zero attached hydrogens (tertiary/aromatic N) is 4. The van der Waals surface area contributed by atoms with E-state index in [1.165, 1.54) is 280 Å². The van der Waals surface area contributed by atoms with Gasteiger partial charge in [0.15, 0.2) is 0 Å². The Bertz CT molecular complexity index is 4400. The van der Waals surface area contributed by atoms with Crippen LogP contribution in [0.2, 0.25) is 0 Å². The van der Waals surface area contributed by atoms with Gasteiger partial charge in [0, 0.05) is 88.2 Å². The molecule has 0 N–H and O–H groups in total. The highest BCUT2D eigenvalue weighted by atomic mass is 32.1. The van der Waals surface area contributed by atoms with Crippen LogP contribution in [0.4, 0.5) is 8.78 Å². The Hall–Kier alpha value is -5.08. The predicted molar refractivity (Wildman–Crippen MR) is 443 cm³/mol. The molecule has 6 aromatic heterocycles. The van der Waals surface area contributed by atoms with Gasteiger partial charge in [-0.05, 0) is 158 Å². The summed E-state index contributed by atoms with van der Waals surface area (Å²) in [6.45, 7) is 22.8. The summed E-state index contributed by atoms with van der Waals surface area (Å²) in [5, 5.41) is 2.38. The molecule has 1 aliphatic carbocycles. The first-order valence-electron chi connectivity index (χ1n) is 39.8. The van der Waals surface area contributed by atoms with E-state index in [1.807, 2.05) is 35.7 Å². The summed E-state index contributed by atoms with van der Waals surface area (Å²) in [4.78, 5) is 7.63. The number of unbranched alkanes of at least 4 members (excludes halogenated alkanes) is 18. The van der Waals surface area contributed by atoms with Crippen LogP contribution in [0.5, 0.6) is 0 Å². The summed E-state index contributed by atoms with van der Waals surface area (Å²) in [5.41, 5.74) is 18.5. The van der Waals surface area contributed by atoms with Crippen LogP contribution in [0.3, 0.4) is 0 Å². The van der Waals surface area contributed by atoms with Crippen molar-refractivity contribution in [3.05, 3.63) is 128 Å². The molecular weight excluding hydrogens is 1360 g/mol. The topological polar surface area (TPSA) is 51.6 Å². The highest BCUT2D eigenvalue weighted by Crippen LogP contribution is 2.59. The lowest BCUT2D eigenvalue weighted by Crippen LogP contribution is -2.25. The van der Waals surface area contributed by atoms with E-state index in [4.69, 9.17) is 17.5 Å². The molecule has 0 fully saturated rings. The molecule has 0 radical (unpaired) electrons. The molecule has 0 amide bonds. The minimum absolute atomic E-state index is 0.155. The molecule has 101 heavy (non-hydrogen) atoms. The average Bonchev–Trinajstić information content (AvgIpc) is 1.57. The third-order valence-electron chi connectivity index (χ3n) is 22.8. The Balaban J connectivity index is 1.08. The van der Waals surface area contributed by atoms with Gasteiger partial charge in [-0.15, -0.1) is 45.3 Å². The third kappa shape index (κ3) is 16.5. The molecule has 11 aromatic rings. The molecule has 0 saturated carbocycles. The van der Waals surface area contributed by atoms with E-state index < -0.39 is 0 Å². The normalized spacial score (nSPS) is 13.5. The largest absolute Gasteiger partial charge is 0.207 e. The van der Waals surface area contributed by atoms with Gasteiger partial charge in [0.2, 0.25) is 0 Å². The molecule has 12 rings (SSSR count). The maximum Gasteiger partial charge on any atom is 0.134 e. The quantitative estimate of drug-likeness (QED) is 0.0358. The first kappa shape index (κ1) is 75.6. The number of fused-ring (bicyclic) bond motifs is 7. The monoisotopic (exact) mass is 1470 g/mol. The number of benzene rings is 5. The fourth-order valence-corrected chi connectivity index (χ4v) is 23.4. The predicted octanol–water partition coefficient (Wildman–Crippen LogP) is 31.0. The van der Waals surface area contributed by atoms with Gasteiger partial charge < -0.3 is 0 Å². The molecule has 5 aromatic carbocycles. The van der Waals surface area contributed by atoms with Crippen molar-refractivity contribution in [2.45, 2.75) is 293 Å². The Morgan fingerprint density at radius 3 is 1.33 bits per heavy atom. The van der Waals surface area contributed by atoms with E-state index in [1.54, 1.807) is 28.7 Å². The van der Waals surface area contributed by atoms with Gasteiger partial charge in [-0.1, -0.05) is 258 Å². The summed E-state index contributed by atoms with van der Waals surface area (Å²) in [5.74, 6) is 0.722. The highest BCUT2D eigenvalue weighted by Gasteiger charge is 2.43. The Kier molecular flexibility index (Phi) is 26.8. The van der Waals surface area contributed by atoms with Crippen molar-refractivity contribution in [3.63, 3.8) is 0 Å². The first-order valence-corrected chi connectivity index (χ1v) is 44.5. The van der Waals surface area contributed by atoms with Gasteiger partial charge >= 0.3 is 0 Å². The van der Waals surface area contributed by atoms with E-state index in [-0.39, 0.29) is 17.0 Å². The highest BCUT2D eigenvalue weighted by molar-refractivity contribution is 7.26. The van der Waals surface area contributed by atoms with Crippen LogP contribution >= 0.6 is 68.8 Å². The molecule has 538 valence electrons. The molecule has 0 bridgehead atoms. The summed E-state index contributed by atoms with van der Waals surface area (Å²) in [6, 6.07) is 27.6. The van der Waals surface area contributed by atoms with Gasteiger partial charge in [-0.25, -0.2) is 8.78 Å². The fourth-order valence-electron chi connectivity index (χ4n) is 16.8. The second kappa shape index (κ2) is 35.8. The molecule has 2 unspecified atom stereocenters. The Morgan fingerprint density at radius 1 is 0.386 bits per heavy atom. The number of halogens is 2. The van der Waals surface area contributed by atoms with Crippen molar-refractivity contribution in [1.82, 2.24) is 17.5 Å². The maximum atomic E-state index is 18.6. The third-order valence-corrected chi connectivity index (χ3v) is 28.7. The SMILES string of the molecule is CCCCCCCCC1(CCCCCCCC)c2cc(C)ccc2-c2ccc(-c3c(F)cc(-c4cc5c(-c6cc(CCCCCC)c(CC(CC)CCCC)s6)c6sc(-c7cc(F)c(C)c8nsnc78)cc6c(-c6cc(CCCCCC)c(CC(CC)CCCC)s6)c5s4)c4nsnc34)cc21. The van der Waals surface area contributed by atoms with Crippen LogP contribution in [-0.4, -0.2) is 17.5 Å². The van der Waals surface area contributed by atoms with Crippen molar-refractivity contribution in [2.24, 2.45) is 11.8 Å². The van der Waals surface area contributed by atoms with E-state index in [2.05, 4.69) is 123 Å². The Labute approximate surface area is 628 Å². The maximum absolute atomic E-state index is 18.6. The minimum atomic E-state index is -0.256. The zero-order chi connectivity index (χ0) is 70.6. The number of rotatable bonds is 41. The lowest BCUT2D eigenvalue weighted by molar-refractivity contribution is 0.398. The van der Waals surface area contributed by atoms with Gasteiger partial charge in [-0.3, -0.25) is 0 Å². The van der Waals surface area contributed by atoms with Crippen LogP contribution in [0, 0.1) is 37.3 Å². The molecule has 1 aliphatic rings. The second-order valence-electron chi connectivity index (χ2n) is 30.1. The molecule has 2 atom stereocenters. The number of aryl methyl sites for hydroxylation is 4. The molecule has 0 spiro atoms. The smallest absolute Gasteiger partial charge is 0.134 e. The summed E-state index contributed by atoms with van der Waals surface area (Å²) in [6.07, 6.45) is 40.9. The molecular formula is C89H112F2N4S6. The number of hydrogen-bond donors (Lipinski definition) is 0. The van der Waals surface area contributed by atoms with Gasteiger partial charge in [-0.2, -0.15) is 17.5 Å². The second-order valence-corrected chi connectivity index (χ2v) is 35.5. The zero-order valence-corrected chi connectivity index (χ0v) is 67.5. The number of thiophene rings is 4. The molecule has 12 heteroatoms. The van der Waals surface area contributed by atoms with Crippen LogP contribution in [-0.2, 0) is 31.1 Å². The lowest BCUT2D eigenvalue weighted by Gasteiger charge is -2.33. The molecule has 6 heterocycles. The van der Waals surface area contributed by atoms with Crippen molar-refractivity contribution in [3.8, 4) is 64.0 Å². The number of aromatic nitrogens is 4.